The molecule has 3 amide bonds. The van der Waals surface area contributed by atoms with Gasteiger partial charge in [0.25, 0.3) is 5.91 Å². The Morgan fingerprint density at radius 2 is 1.88 bits per heavy atom. The zero-order valence-electron chi connectivity index (χ0n) is 15.1. The molecule has 1 aromatic rings. The van der Waals surface area contributed by atoms with E-state index in [1.807, 2.05) is 7.05 Å². The molecule has 0 saturated heterocycles. The molecule has 0 unspecified atom stereocenters. The fraction of sp³-hybridized carbons (Fsp3) is 0.611. The molecule has 0 bridgehead atoms. The van der Waals surface area contributed by atoms with Crippen LogP contribution in [0.3, 0.4) is 0 Å². The highest BCUT2D eigenvalue weighted by Crippen LogP contribution is 2.29. The predicted molar refractivity (Wildman–Crippen MR) is 95.1 cm³/mol. The SMILES string of the molecule is CCC1CCC(N(C)C(=O)Nc2ccnc(C(=O)N(C)C)c2)CC1. The van der Waals surface area contributed by atoms with E-state index >= 15 is 0 Å². The molecule has 6 nitrogen and oxygen atoms in total. The quantitative estimate of drug-likeness (QED) is 0.920. The van der Waals surface area contributed by atoms with Crippen LogP contribution in [-0.2, 0) is 0 Å². The van der Waals surface area contributed by atoms with E-state index in [2.05, 4.69) is 17.2 Å². The maximum atomic E-state index is 12.5. The van der Waals surface area contributed by atoms with Gasteiger partial charge in [0.15, 0.2) is 0 Å². The molecule has 1 heterocycles. The third-order valence-electron chi connectivity index (χ3n) is 4.90. The topological polar surface area (TPSA) is 65.5 Å². The molecule has 1 aliphatic rings. The number of hydrogen-bond donors (Lipinski definition) is 1. The first-order valence-electron chi connectivity index (χ1n) is 8.63. The van der Waals surface area contributed by atoms with Gasteiger partial charge in [-0.3, -0.25) is 9.78 Å². The van der Waals surface area contributed by atoms with Crippen LogP contribution in [-0.4, -0.2) is 53.9 Å². The molecular formula is C18H28N4O2. The first kappa shape index (κ1) is 18.2. The molecule has 1 aliphatic carbocycles. The molecule has 6 heteroatoms. The number of rotatable bonds is 4. The van der Waals surface area contributed by atoms with Gasteiger partial charge in [-0.2, -0.15) is 0 Å². The number of carbonyl (C=O) groups is 2. The van der Waals surface area contributed by atoms with E-state index in [9.17, 15) is 9.59 Å². The predicted octanol–water partition coefficient (Wildman–Crippen LogP) is 3.22. The summed E-state index contributed by atoms with van der Waals surface area (Å²) in [5.74, 6) is 0.620. The van der Waals surface area contributed by atoms with Crippen molar-refractivity contribution in [1.82, 2.24) is 14.8 Å². The second kappa shape index (κ2) is 8.13. The van der Waals surface area contributed by atoms with Crippen molar-refractivity contribution in [3.63, 3.8) is 0 Å². The number of urea groups is 1. The number of carbonyl (C=O) groups excluding carboxylic acids is 2. The molecule has 24 heavy (non-hydrogen) atoms. The number of aromatic nitrogens is 1. The average Bonchev–Trinajstić information content (AvgIpc) is 2.60. The van der Waals surface area contributed by atoms with Crippen LogP contribution in [0.2, 0.25) is 0 Å². The number of nitrogens with one attached hydrogen (secondary N) is 1. The lowest BCUT2D eigenvalue weighted by Crippen LogP contribution is -2.41. The van der Waals surface area contributed by atoms with Crippen molar-refractivity contribution in [2.45, 2.75) is 45.1 Å². The Morgan fingerprint density at radius 3 is 2.46 bits per heavy atom. The Balaban J connectivity index is 1.97. The van der Waals surface area contributed by atoms with E-state index in [0.29, 0.717) is 11.4 Å². The lowest BCUT2D eigenvalue weighted by molar-refractivity contribution is 0.0822. The number of amides is 3. The normalized spacial score (nSPS) is 20.3. The van der Waals surface area contributed by atoms with Crippen molar-refractivity contribution in [2.75, 3.05) is 26.5 Å². The van der Waals surface area contributed by atoms with Gasteiger partial charge in [0, 0.05) is 39.1 Å². The Labute approximate surface area is 144 Å². The molecule has 1 N–H and O–H groups in total. The molecule has 1 aromatic heterocycles. The van der Waals surface area contributed by atoms with Crippen LogP contribution in [0, 0.1) is 5.92 Å². The minimum atomic E-state index is -0.183. The molecule has 0 aliphatic heterocycles. The van der Waals surface area contributed by atoms with Crippen LogP contribution < -0.4 is 5.32 Å². The van der Waals surface area contributed by atoms with E-state index < -0.39 is 0 Å². The second-order valence-corrected chi connectivity index (χ2v) is 6.75. The van der Waals surface area contributed by atoms with Gasteiger partial charge in [0.1, 0.15) is 5.69 Å². The maximum Gasteiger partial charge on any atom is 0.321 e. The summed E-state index contributed by atoms with van der Waals surface area (Å²) in [5, 5.41) is 2.87. The summed E-state index contributed by atoms with van der Waals surface area (Å²) in [7, 11) is 5.20. The van der Waals surface area contributed by atoms with Crippen LogP contribution in [0.4, 0.5) is 10.5 Å². The Kier molecular flexibility index (Phi) is 6.17. The summed E-state index contributed by atoms with van der Waals surface area (Å²) < 4.78 is 0. The van der Waals surface area contributed by atoms with E-state index in [-0.39, 0.29) is 18.0 Å². The van der Waals surface area contributed by atoms with Crippen molar-refractivity contribution in [3.8, 4) is 0 Å². The highest BCUT2D eigenvalue weighted by Gasteiger charge is 2.26. The van der Waals surface area contributed by atoms with E-state index in [1.165, 1.54) is 24.2 Å². The van der Waals surface area contributed by atoms with Gasteiger partial charge in [-0.1, -0.05) is 13.3 Å². The molecule has 0 radical (unpaired) electrons. The van der Waals surface area contributed by atoms with Crippen molar-refractivity contribution in [3.05, 3.63) is 24.0 Å². The first-order valence-corrected chi connectivity index (χ1v) is 8.63. The summed E-state index contributed by atoms with van der Waals surface area (Å²) >= 11 is 0. The fourth-order valence-corrected chi connectivity index (χ4v) is 3.17. The summed E-state index contributed by atoms with van der Waals surface area (Å²) in [5.41, 5.74) is 0.915. The minimum Gasteiger partial charge on any atom is -0.343 e. The third kappa shape index (κ3) is 4.46. The van der Waals surface area contributed by atoms with Crippen molar-refractivity contribution in [1.29, 1.82) is 0 Å². The zero-order valence-corrected chi connectivity index (χ0v) is 15.1. The summed E-state index contributed by atoms with van der Waals surface area (Å²) in [6, 6.07) is 3.47. The highest BCUT2D eigenvalue weighted by atomic mass is 16.2. The van der Waals surface area contributed by atoms with Gasteiger partial charge in [0.05, 0.1) is 0 Å². The molecule has 2 rings (SSSR count). The van der Waals surface area contributed by atoms with Gasteiger partial charge in [-0.05, 0) is 43.7 Å². The van der Waals surface area contributed by atoms with Crippen molar-refractivity contribution >= 4 is 17.6 Å². The average molecular weight is 332 g/mol. The van der Waals surface area contributed by atoms with Gasteiger partial charge in [-0.15, -0.1) is 0 Å². The fourth-order valence-electron chi connectivity index (χ4n) is 3.17. The maximum absolute atomic E-state index is 12.5. The Hall–Kier alpha value is -2.11. The van der Waals surface area contributed by atoms with Gasteiger partial charge in [0.2, 0.25) is 0 Å². The van der Waals surface area contributed by atoms with Gasteiger partial charge < -0.3 is 15.1 Å². The molecule has 1 fully saturated rings. The lowest BCUT2D eigenvalue weighted by Gasteiger charge is -2.34. The molecule has 132 valence electrons. The van der Waals surface area contributed by atoms with Crippen molar-refractivity contribution < 1.29 is 9.59 Å². The van der Waals surface area contributed by atoms with Crippen LogP contribution in [0.25, 0.3) is 0 Å². The summed E-state index contributed by atoms with van der Waals surface area (Å²) in [6.07, 6.45) is 7.26. The summed E-state index contributed by atoms with van der Waals surface area (Å²) in [4.78, 5) is 31.8. The smallest absolute Gasteiger partial charge is 0.321 e. The lowest BCUT2D eigenvalue weighted by atomic mass is 9.84. The highest BCUT2D eigenvalue weighted by molar-refractivity contribution is 5.95. The monoisotopic (exact) mass is 332 g/mol. The first-order chi connectivity index (χ1) is 11.4. The van der Waals surface area contributed by atoms with Crippen LogP contribution >= 0.6 is 0 Å². The molecular weight excluding hydrogens is 304 g/mol. The zero-order chi connectivity index (χ0) is 17.7. The number of pyridine rings is 1. The molecule has 1 saturated carbocycles. The number of nitrogens with zero attached hydrogens (tertiary/aromatic N) is 3. The Bertz CT molecular complexity index is 580. The van der Waals surface area contributed by atoms with Crippen LogP contribution in [0.1, 0.15) is 49.5 Å². The van der Waals surface area contributed by atoms with E-state index in [0.717, 1.165) is 18.8 Å². The van der Waals surface area contributed by atoms with E-state index in [4.69, 9.17) is 0 Å². The summed E-state index contributed by atoms with van der Waals surface area (Å²) in [6.45, 7) is 2.23. The van der Waals surface area contributed by atoms with Crippen LogP contribution in [0.5, 0.6) is 0 Å². The van der Waals surface area contributed by atoms with Gasteiger partial charge in [-0.25, -0.2) is 4.79 Å². The van der Waals surface area contributed by atoms with Crippen molar-refractivity contribution in [2.24, 2.45) is 5.92 Å². The van der Waals surface area contributed by atoms with Gasteiger partial charge >= 0.3 is 6.03 Å². The Morgan fingerprint density at radius 1 is 1.21 bits per heavy atom. The molecule has 0 atom stereocenters. The minimum absolute atomic E-state index is 0.135. The second-order valence-electron chi connectivity index (χ2n) is 6.75. The van der Waals surface area contributed by atoms with Crippen LogP contribution in [0.15, 0.2) is 18.3 Å². The third-order valence-corrected chi connectivity index (χ3v) is 4.90. The van der Waals surface area contributed by atoms with E-state index in [1.54, 1.807) is 37.3 Å². The standard InChI is InChI=1S/C18H28N4O2/c1-5-13-6-8-15(9-7-13)22(4)18(24)20-14-10-11-19-16(12-14)17(23)21(2)3/h10-13,15H,5-9H2,1-4H3,(H,19,20,24). The largest absolute Gasteiger partial charge is 0.343 e. The molecule has 0 aromatic carbocycles. The molecule has 0 spiro atoms. The number of hydrogen-bond acceptors (Lipinski definition) is 3. The number of anilines is 1.